The maximum Gasteiger partial charge on any atom is 0.372 e. The van der Waals surface area contributed by atoms with Gasteiger partial charge in [0.1, 0.15) is 6.20 Å². The van der Waals surface area contributed by atoms with E-state index in [0.29, 0.717) is 29.4 Å². The molecule has 0 aliphatic heterocycles. The molecule has 0 saturated carbocycles. The first-order chi connectivity index (χ1) is 9.91. The minimum absolute atomic E-state index is 0.00638. The first-order valence-corrected chi connectivity index (χ1v) is 7.89. The number of thiazole rings is 1. The second-order valence-electron chi connectivity index (χ2n) is 5.45. The molecule has 1 N–H and O–H groups in total. The van der Waals surface area contributed by atoms with Crippen molar-refractivity contribution >= 4 is 27.9 Å². The lowest BCUT2D eigenvalue weighted by Gasteiger charge is -2.30. The summed E-state index contributed by atoms with van der Waals surface area (Å²) in [5.74, 6) is 0.353. The summed E-state index contributed by atoms with van der Waals surface area (Å²) in [4.78, 5) is 18.1. The van der Waals surface area contributed by atoms with Crippen LogP contribution in [0.3, 0.4) is 0 Å². The largest absolute Gasteiger partial charge is 0.372 e. The van der Waals surface area contributed by atoms with E-state index in [1.54, 1.807) is 11.6 Å². The van der Waals surface area contributed by atoms with Gasteiger partial charge >= 0.3 is 5.82 Å². The zero-order chi connectivity index (χ0) is 15.6. The lowest BCUT2D eigenvalue weighted by molar-refractivity contribution is -0.389. The summed E-state index contributed by atoms with van der Waals surface area (Å²) in [6.45, 7) is 10.0. The van der Waals surface area contributed by atoms with Gasteiger partial charge in [0.2, 0.25) is 5.82 Å². The number of aromatic nitrogens is 2. The highest BCUT2D eigenvalue weighted by atomic mass is 32.1. The number of nitrogens with one attached hydrogen (secondary N) is 1. The third kappa shape index (κ3) is 3.33. The molecule has 0 unspecified atom stereocenters. The van der Waals surface area contributed by atoms with Crippen molar-refractivity contribution in [1.29, 1.82) is 0 Å². The van der Waals surface area contributed by atoms with Crippen LogP contribution < -0.4 is 5.32 Å². The monoisotopic (exact) mass is 311 g/mol. The summed E-state index contributed by atoms with van der Waals surface area (Å²) in [7, 11) is 0. The van der Waals surface area contributed by atoms with Crippen molar-refractivity contribution in [2.24, 2.45) is 0 Å². The van der Waals surface area contributed by atoms with Crippen molar-refractivity contribution in [3.05, 3.63) is 21.7 Å². The average Bonchev–Trinajstić information content (AvgIpc) is 2.92. The fraction of sp³-hybridized carbons (Fsp3) is 0.615. The zero-order valence-corrected chi connectivity index (χ0v) is 13.6. The van der Waals surface area contributed by atoms with Gasteiger partial charge < -0.3 is 15.4 Å². The van der Waals surface area contributed by atoms with Gasteiger partial charge in [-0.15, -0.1) is 0 Å². The SMILES string of the molecule is CC(C)N(CCNc1nc2sccn2c1[N+](=O)[O-])C(C)C. The van der Waals surface area contributed by atoms with E-state index in [2.05, 4.69) is 42.9 Å². The molecule has 0 atom stereocenters. The number of nitro groups is 1. The number of hydrogen-bond donors (Lipinski definition) is 1. The van der Waals surface area contributed by atoms with E-state index in [9.17, 15) is 10.1 Å². The van der Waals surface area contributed by atoms with E-state index in [4.69, 9.17) is 0 Å². The Kier molecular flexibility index (Phi) is 4.79. The number of fused-ring (bicyclic) bond motifs is 1. The summed E-state index contributed by atoms with van der Waals surface area (Å²) >= 11 is 1.39. The van der Waals surface area contributed by atoms with E-state index < -0.39 is 4.92 Å². The topological polar surface area (TPSA) is 75.7 Å². The number of rotatable bonds is 7. The molecule has 0 bridgehead atoms. The minimum atomic E-state index is -0.391. The Labute approximate surface area is 127 Å². The molecule has 2 aromatic rings. The molecule has 0 aliphatic carbocycles. The lowest BCUT2D eigenvalue weighted by atomic mass is 10.2. The molecule has 2 heterocycles. The number of imidazole rings is 1. The summed E-state index contributed by atoms with van der Waals surface area (Å²) in [6.07, 6.45) is 1.67. The summed E-state index contributed by atoms with van der Waals surface area (Å²) < 4.78 is 1.51. The van der Waals surface area contributed by atoms with Crippen LogP contribution in [0, 0.1) is 10.1 Å². The van der Waals surface area contributed by atoms with Gasteiger partial charge in [-0.05, 0) is 32.6 Å². The predicted molar refractivity (Wildman–Crippen MR) is 85.2 cm³/mol. The highest BCUT2D eigenvalue weighted by Gasteiger charge is 2.23. The number of nitrogens with zero attached hydrogens (tertiary/aromatic N) is 4. The number of hydrogen-bond acceptors (Lipinski definition) is 6. The minimum Gasteiger partial charge on any atom is -0.362 e. The average molecular weight is 311 g/mol. The Hall–Kier alpha value is -1.67. The van der Waals surface area contributed by atoms with Crippen molar-refractivity contribution in [3.63, 3.8) is 0 Å². The number of anilines is 1. The Morgan fingerprint density at radius 1 is 1.43 bits per heavy atom. The Morgan fingerprint density at radius 3 is 2.67 bits per heavy atom. The van der Waals surface area contributed by atoms with Crippen molar-refractivity contribution in [3.8, 4) is 0 Å². The zero-order valence-electron chi connectivity index (χ0n) is 12.7. The summed E-state index contributed by atoms with van der Waals surface area (Å²) in [5, 5.41) is 16.1. The van der Waals surface area contributed by atoms with Crippen LogP contribution in [-0.2, 0) is 0 Å². The molecule has 0 saturated heterocycles. The first kappa shape index (κ1) is 15.7. The van der Waals surface area contributed by atoms with E-state index in [1.165, 1.54) is 15.7 Å². The second-order valence-corrected chi connectivity index (χ2v) is 6.32. The highest BCUT2D eigenvalue weighted by Crippen LogP contribution is 2.27. The van der Waals surface area contributed by atoms with Crippen molar-refractivity contribution in [2.75, 3.05) is 18.4 Å². The van der Waals surface area contributed by atoms with Gasteiger partial charge in [-0.1, -0.05) is 11.3 Å². The van der Waals surface area contributed by atoms with Gasteiger partial charge in [0.15, 0.2) is 0 Å². The maximum atomic E-state index is 11.2. The van der Waals surface area contributed by atoms with Crippen LogP contribution >= 0.6 is 11.3 Å². The van der Waals surface area contributed by atoms with Crippen LogP contribution in [0.25, 0.3) is 4.96 Å². The third-order valence-corrected chi connectivity index (χ3v) is 4.16. The van der Waals surface area contributed by atoms with Crippen LogP contribution in [0.1, 0.15) is 27.7 Å². The van der Waals surface area contributed by atoms with Crippen LogP contribution in [0.4, 0.5) is 11.6 Å². The maximum absolute atomic E-state index is 11.2. The fourth-order valence-corrected chi connectivity index (χ4v) is 3.19. The smallest absolute Gasteiger partial charge is 0.362 e. The molecule has 0 amide bonds. The molecule has 116 valence electrons. The molecule has 7 nitrogen and oxygen atoms in total. The molecule has 2 rings (SSSR count). The standard InChI is InChI=1S/C13H21N5O2S/c1-9(2)16(10(3)4)6-5-14-11-12(18(19)20)17-7-8-21-13(17)15-11/h7-10,14H,5-6H2,1-4H3. The van der Waals surface area contributed by atoms with Crippen molar-refractivity contribution in [2.45, 2.75) is 39.8 Å². The molecule has 0 spiro atoms. The van der Waals surface area contributed by atoms with Gasteiger partial charge in [0.25, 0.3) is 4.96 Å². The van der Waals surface area contributed by atoms with Crippen LogP contribution in [0.2, 0.25) is 0 Å². The van der Waals surface area contributed by atoms with E-state index in [-0.39, 0.29) is 5.82 Å². The Bertz CT molecular complexity index is 611. The molecular formula is C13H21N5O2S. The summed E-state index contributed by atoms with van der Waals surface area (Å²) in [5.41, 5.74) is 0. The van der Waals surface area contributed by atoms with E-state index in [1.807, 2.05) is 0 Å². The van der Waals surface area contributed by atoms with E-state index >= 15 is 0 Å². The molecule has 8 heteroatoms. The molecular weight excluding hydrogens is 290 g/mol. The van der Waals surface area contributed by atoms with E-state index in [0.717, 1.165) is 6.54 Å². The van der Waals surface area contributed by atoms with Gasteiger partial charge in [-0.3, -0.25) is 4.90 Å². The normalized spacial score (nSPS) is 12.0. The van der Waals surface area contributed by atoms with Gasteiger partial charge in [-0.2, -0.15) is 9.38 Å². The Balaban J connectivity index is 2.08. The molecule has 0 radical (unpaired) electrons. The predicted octanol–water partition coefficient (Wildman–Crippen LogP) is 2.83. The van der Waals surface area contributed by atoms with Gasteiger partial charge in [0.05, 0.1) is 0 Å². The third-order valence-electron chi connectivity index (χ3n) is 3.40. The van der Waals surface area contributed by atoms with Crippen molar-refractivity contribution in [1.82, 2.24) is 14.3 Å². The second kappa shape index (κ2) is 6.40. The molecule has 0 fully saturated rings. The highest BCUT2D eigenvalue weighted by molar-refractivity contribution is 7.15. The summed E-state index contributed by atoms with van der Waals surface area (Å²) in [6, 6.07) is 0.875. The van der Waals surface area contributed by atoms with Crippen molar-refractivity contribution < 1.29 is 4.92 Å². The van der Waals surface area contributed by atoms with Crippen LogP contribution in [-0.4, -0.2) is 44.4 Å². The Morgan fingerprint density at radius 2 is 2.10 bits per heavy atom. The molecule has 21 heavy (non-hydrogen) atoms. The molecule has 0 aromatic carbocycles. The fourth-order valence-electron chi connectivity index (χ4n) is 2.48. The van der Waals surface area contributed by atoms with Gasteiger partial charge in [-0.25, -0.2) is 0 Å². The lowest BCUT2D eigenvalue weighted by Crippen LogP contribution is -2.40. The van der Waals surface area contributed by atoms with Gasteiger partial charge in [0, 0.05) is 30.6 Å². The first-order valence-electron chi connectivity index (χ1n) is 7.01. The van der Waals surface area contributed by atoms with Crippen LogP contribution in [0.5, 0.6) is 0 Å². The molecule has 2 aromatic heterocycles. The quantitative estimate of drug-likeness (QED) is 0.628. The van der Waals surface area contributed by atoms with Crippen LogP contribution in [0.15, 0.2) is 11.6 Å². The molecule has 0 aliphatic rings.